The monoisotopic (exact) mass is 310 g/mol. The molecule has 0 aliphatic heterocycles. The van der Waals surface area contributed by atoms with Crippen molar-refractivity contribution in [2.45, 2.75) is 45.7 Å². The first-order chi connectivity index (χ1) is 10.7. The minimum absolute atomic E-state index is 0.0270. The lowest BCUT2D eigenvalue weighted by molar-refractivity contribution is 0.426. The molecule has 1 heterocycles. The van der Waals surface area contributed by atoms with Gasteiger partial charge in [0.1, 0.15) is 0 Å². The molecule has 0 aliphatic carbocycles. The summed E-state index contributed by atoms with van der Waals surface area (Å²) in [5.41, 5.74) is 8.89. The molecule has 1 aromatic heterocycles. The van der Waals surface area contributed by atoms with Gasteiger partial charge in [0.15, 0.2) is 0 Å². The predicted octanol–water partition coefficient (Wildman–Crippen LogP) is 3.88. The second-order valence-corrected chi connectivity index (χ2v) is 7.07. The maximum atomic E-state index is 12.1. The lowest BCUT2D eigenvalue weighted by Gasteiger charge is -2.19. The molecular weight excluding hydrogens is 284 g/mol. The van der Waals surface area contributed by atoms with Gasteiger partial charge in [0.25, 0.3) is 5.56 Å². The molecule has 0 amide bonds. The van der Waals surface area contributed by atoms with Crippen molar-refractivity contribution in [1.29, 1.82) is 0 Å². The zero-order valence-corrected chi connectivity index (χ0v) is 14.4. The van der Waals surface area contributed by atoms with Crippen LogP contribution in [0.5, 0.6) is 0 Å². The molecule has 1 aromatic carbocycles. The van der Waals surface area contributed by atoms with Crippen LogP contribution in [0.25, 0.3) is 12.2 Å². The summed E-state index contributed by atoms with van der Waals surface area (Å²) >= 11 is 0. The van der Waals surface area contributed by atoms with Crippen molar-refractivity contribution >= 4 is 12.2 Å². The number of pyridine rings is 1. The molecule has 3 heteroatoms. The lowest BCUT2D eigenvalue weighted by Crippen LogP contribution is -2.40. The lowest BCUT2D eigenvalue weighted by atomic mass is 10.0. The Morgan fingerprint density at radius 1 is 1.09 bits per heavy atom. The average Bonchev–Trinajstić information content (AvgIpc) is 2.47. The van der Waals surface area contributed by atoms with Crippen LogP contribution in [0.15, 0.2) is 47.4 Å². The first kappa shape index (κ1) is 17.2. The van der Waals surface area contributed by atoms with Gasteiger partial charge in [0, 0.05) is 24.3 Å². The van der Waals surface area contributed by atoms with Crippen LogP contribution < -0.4 is 11.3 Å². The zero-order chi connectivity index (χ0) is 17.0. The number of hydrogen-bond acceptors (Lipinski definition) is 2. The normalized spacial score (nSPS) is 12.3. The molecule has 2 N–H and O–H groups in total. The Morgan fingerprint density at radius 3 is 2.22 bits per heavy atom. The number of nitrogens with zero attached hydrogens (tertiary/aromatic N) is 1. The quantitative estimate of drug-likeness (QED) is 0.911. The van der Waals surface area contributed by atoms with Crippen LogP contribution in [0.1, 0.15) is 50.3 Å². The minimum atomic E-state index is -0.403. The largest absolute Gasteiger partial charge is 0.324 e. The van der Waals surface area contributed by atoms with Gasteiger partial charge >= 0.3 is 0 Å². The third-order valence-corrected chi connectivity index (χ3v) is 3.67. The van der Waals surface area contributed by atoms with E-state index in [-0.39, 0.29) is 5.56 Å². The number of benzene rings is 1. The molecule has 2 rings (SSSR count). The Balaban J connectivity index is 2.14. The fourth-order valence-electron chi connectivity index (χ4n) is 2.38. The van der Waals surface area contributed by atoms with Crippen LogP contribution >= 0.6 is 0 Å². The van der Waals surface area contributed by atoms with Gasteiger partial charge in [-0.1, -0.05) is 50.3 Å². The van der Waals surface area contributed by atoms with E-state index in [2.05, 4.69) is 38.1 Å². The third-order valence-electron chi connectivity index (χ3n) is 3.67. The Morgan fingerprint density at radius 2 is 1.70 bits per heavy atom. The number of rotatable bonds is 5. The summed E-state index contributed by atoms with van der Waals surface area (Å²) in [6.45, 7) is 8.69. The van der Waals surface area contributed by atoms with Gasteiger partial charge in [-0.2, -0.15) is 0 Å². The van der Waals surface area contributed by atoms with Crippen LogP contribution in [0.2, 0.25) is 0 Å². The first-order valence-corrected chi connectivity index (χ1v) is 8.02. The van der Waals surface area contributed by atoms with Crippen LogP contribution in [-0.2, 0) is 6.54 Å². The first-order valence-electron chi connectivity index (χ1n) is 8.02. The van der Waals surface area contributed by atoms with E-state index in [9.17, 15) is 4.79 Å². The highest BCUT2D eigenvalue weighted by atomic mass is 16.1. The van der Waals surface area contributed by atoms with Crippen LogP contribution in [0, 0.1) is 0 Å². The number of nitrogens with two attached hydrogens (primary N) is 1. The van der Waals surface area contributed by atoms with Gasteiger partial charge in [-0.05, 0) is 42.5 Å². The summed E-state index contributed by atoms with van der Waals surface area (Å²) in [6.07, 6.45) is 5.79. The summed E-state index contributed by atoms with van der Waals surface area (Å²) in [7, 11) is 0. The number of aromatic nitrogens is 1. The van der Waals surface area contributed by atoms with Gasteiger partial charge < -0.3 is 10.3 Å². The highest BCUT2D eigenvalue weighted by Crippen LogP contribution is 2.16. The summed E-state index contributed by atoms with van der Waals surface area (Å²) in [6, 6.07) is 12.1. The molecule has 122 valence electrons. The summed E-state index contributed by atoms with van der Waals surface area (Å²) in [5.74, 6) is 0.535. The molecule has 3 nitrogen and oxygen atoms in total. The molecule has 0 atom stereocenters. The Labute approximate surface area is 138 Å². The van der Waals surface area contributed by atoms with Gasteiger partial charge in [-0.15, -0.1) is 0 Å². The van der Waals surface area contributed by atoms with E-state index in [1.54, 1.807) is 16.8 Å². The van der Waals surface area contributed by atoms with Crippen molar-refractivity contribution in [3.8, 4) is 0 Å². The standard InChI is InChI=1S/C20H26N2O/c1-15(2)18-9-7-16(8-10-18)5-6-17-11-12-22(19(23)13-17)14-20(3,4)21/h5-13,15H,14,21H2,1-4H3/b6-5+. The van der Waals surface area contributed by atoms with Gasteiger partial charge in [-0.3, -0.25) is 4.79 Å². The van der Waals surface area contributed by atoms with E-state index in [1.807, 2.05) is 32.1 Å². The molecule has 0 spiro atoms. The maximum Gasteiger partial charge on any atom is 0.251 e. The van der Waals surface area contributed by atoms with E-state index in [0.29, 0.717) is 12.5 Å². The van der Waals surface area contributed by atoms with Gasteiger partial charge in [0.05, 0.1) is 0 Å². The van der Waals surface area contributed by atoms with E-state index in [1.165, 1.54) is 5.56 Å². The maximum absolute atomic E-state index is 12.1. The fraction of sp³-hybridized carbons (Fsp3) is 0.350. The van der Waals surface area contributed by atoms with Crippen LogP contribution in [-0.4, -0.2) is 10.1 Å². The molecule has 0 bridgehead atoms. The molecule has 0 aliphatic rings. The van der Waals surface area contributed by atoms with Crippen LogP contribution in [0.3, 0.4) is 0 Å². The smallest absolute Gasteiger partial charge is 0.251 e. The van der Waals surface area contributed by atoms with Crippen LogP contribution in [0.4, 0.5) is 0 Å². The molecular formula is C20H26N2O. The van der Waals surface area contributed by atoms with Crippen molar-refractivity contribution < 1.29 is 0 Å². The predicted molar refractivity (Wildman–Crippen MR) is 98.4 cm³/mol. The van der Waals surface area contributed by atoms with Crippen molar-refractivity contribution in [3.63, 3.8) is 0 Å². The Bertz CT molecular complexity index is 731. The summed E-state index contributed by atoms with van der Waals surface area (Å²) in [5, 5.41) is 0. The van der Waals surface area contributed by atoms with Crippen molar-refractivity contribution in [1.82, 2.24) is 4.57 Å². The Kier molecular flexibility index (Phi) is 5.22. The molecule has 2 aromatic rings. The van der Waals surface area contributed by atoms with Gasteiger partial charge in [0.2, 0.25) is 0 Å². The van der Waals surface area contributed by atoms with E-state index >= 15 is 0 Å². The van der Waals surface area contributed by atoms with Crippen molar-refractivity contribution in [3.05, 3.63) is 69.6 Å². The number of hydrogen-bond donors (Lipinski definition) is 1. The minimum Gasteiger partial charge on any atom is -0.324 e. The SMILES string of the molecule is CC(C)c1ccc(/C=C/c2ccn(CC(C)(C)N)c(=O)c2)cc1. The zero-order valence-electron chi connectivity index (χ0n) is 14.4. The third kappa shape index (κ3) is 5.22. The second-order valence-electron chi connectivity index (χ2n) is 7.07. The molecule has 0 fully saturated rings. The van der Waals surface area contributed by atoms with E-state index < -0.39 is 5.54 Å². The second kappa shape index (κ2) is 6.97. The van der Waals surface area contributed by atoms with Crippen molar-refractivity contribution in [2.24, 2.45) is 5.73 Å². The summed E-state index contributed by atoms with van der Waals surface area (Å²) in [4.78, 5) is 12.1. The highest BCUT2D eigenvalue weighted by Gasteiger charge is 2.12. The summed E-state index contributed by atoms with van der Waals surface area (Å²) < 4.78 is 1.65. The molecule has 23 heavy (non-hydrogen) atoms. The van der Waals surface area contributed by atoms with Crippen molar-refractivity contribution in [2.75, 3.05) is 0 Å². The molecule has 0 radical (unpaired) electrons. The van der Waals surface area contributed by atoms with E-state index in [0.717, 1.165) is 11.1 Å². The van der Waals surface area contributed by atoms with E-state index in [4.69, 9.17) is 5.73 Å². The molecule has 0 saturated carbocycles. The highest BCUT2D eigenvalue weighted by molar-refractivity contribution is 5.69. The topological polar surface area (TPSA) is 48.0 Å². The Hall–Kier alpha value is -2.13. The fourth-order valence-corrected chi connectivity index (χ4v) is 2.38. The average molecular weight is 310 g/mol. The van der Waals surface area contributed by atoms with Gasteiger partial charge in [-0.25, -0.2) is 0 Å². The molecule has 0 saturated heterocycles. The molecule has 0 unspecified atom stereocenters.